The van der Waals surface area contributed by atoms with E-state index in [4.69, 9.17) is 9.47 Å². The maximum Gasteiger partial charge on any atom is 0.407 e. The molecule has 1 aromatic heterocycles. The third-order valence-electron chi connectivity index (χ3n) is 10.9. The molecule has 2 aliphatic carbocycles. The second kappa shape index (κ2) is 14.6. The second-order valence-electron chi connectivity index (χ2n) is 16.9. The van der Waals surface area contributed by atoms with Crippen molar-refractivity contribution < 1.29 is 37.1 Å². The highest BCUT2D eigenvalue weighted by atomic mass is 32.2. The Morgan fingerprint density at radius 2 is 1.91 bits per heavy atom. The van der Waals surface area contributed by atoms with E-state index in [0.29, 0.717) is 18.7 Å². The molecule has 1 saturated heterocycles. The zero-order valence-electron chi connectivity index (χ0n) is 31.9. The lowest BCUT2D eigenvalue weighted by Gasteiger charge is -2.35. The lowest BCUT2D eigenvalue weighted by molar-refractivity contribution is -0.142. The number of benzene rings is 1. The zero-order valence-corrected chi connectivity index (χ0v) is 32.7. The minimum absolute atomic E-state index is 0.0168. The number of methoxy groups -OCH3 is 1. The van der Waals surface area contributed by atoms with E-state index in [-0.39, 0.29) is 31.4 Å². The van der Waals surface area contributed by atoms with Crippen LogP contribution < -0.4 is 20.1 Å². The molecule has 0 unspecified atom stereocenters. The average molecular weight is 769 g/mol. The summed E-state index contributed by atoms with van der Waals surface area (Å²) in [5.41, 5.74) is -0.993. The molecular weight excluding hydrogens is 717 g/mol. The summed E-state index contributed by atoms with van der Waals surface area (Å²) in [5, 5.41) is 18.3. The van der Waals surface area contributed by atoms with Crippen molar-refractivity contribution in [1.82, 2.24) is 40.5 Å². The first-order chi connectivity index (χ1) is 25.4. The van der Waals surface area contributed by atoms with Crippen LogP contribution in [0.4, 0.5) is 4.79 Å². The van der Waals surface area contributed by atoms with Crippen LogP contribution in [0.2, 0.25) is 0 Å². The van der Waals surface area contributed by atoms with Crippen molar-refractivity contribution in [2.45, 2.75) is 115 Å². The van der Waals surface area contributed by atoms with Crippen LogP contribution in [0, 0.1) is 16.7 Å². The summed E-state index contributed by atoms with van der Waals surface area (Å²) in [6.45, 7) is 13.3. The first-order valence-corrected chi connectivity index (χ1v) is 20.1. The Balaban J connectivity index is 1.34. The summed E-state index contributed by atoms with van der Waals surface area (Å²) >= 11 is 0. The van der Waals surface area contributed by atoms with Crippen LogP contribution >= 0.6 is 0 Å². The Labute approximate surface area is 316 Å². The van der Waals surface area contributed by atoms with Crippen LogP contribution in [0.15, 0.2) is 30.9 Å². The number of alkyl carbamates (subject to hydrolysis) is 1. The van der Waals surface area contributed by atoms with E-state index < -0.39 is 74.1 Å². The fourth-order valence-corrected chi connectivity index (χ4v) is 8.69. The highest BCUT2D eigenvalue weighted by molar-refractivity contribution is 7.91. The van der Waals surface area contributed by atoms with Crippen molar-refractivity contribution in [3.05, 3.63) is 36.4 Å². The molecule has 16 nitrogen and oxygen atoms in total. The van der Waals surface area contributed by atoms with Crippen LogP contribution in [0.5, 0.6) is 5.75 Å². The normalized spacial score (nSPS) is 27.6. The molecule has 54 heavy (non-hydrogen) atoms. The maximum absolute atomic E-state index is 14.6. The van der Waals surface area contributed by atoms with E-state index in [1.807, 2.05) is 32.0 Å². The third kappa shape index (κ3) is 8.25. The van der Waals surface area contributed by atoms with Crippen LogP contribution in [-0.2, 0) is 35.6 Å². The van der Waals surface area contributed by atoms with Gasteiger partial charge in [-0.3, -0.25) is 19.1 Å². The molecule has 5 atom stereocenters. The molecule has 0 radical (unpaired) electrons. The molecule has 2 aliphatic heterocycles. The second-order valence-corrected chi connectivity index (χ2v) is 18.9. The number of nitrogens with one attached hydrogen (secondary N) is 3. The summed E-state index contributed by atoms with van der Waals surface area (Å²) in [6, 6.07) is 2.84. The van der Waals surface area contributed by atoms with E-state index >= 15 is 0 Å². The van der Waals surface area contributed by atoms with Gasteiger partial charge in [0.25, 0.3) is 5.91 Å². The summed E-state index contributed by atoms with van der Waals surface area (Å²) in [5.74, 6) is -1.47. The lowest BCUT2D eigenvalue weighted by atomic mass is 9.85. The van der Waals surface area contributed by atoms with Gasteiger partial charge in [0.15, 0.2) is 0 Å². The van der Waals surface area contributed by atoms with Gasteiger partial charge in [0, 0.05) is 24.4 Å². The Bertz CT molecular complexity index is 1920. The summed E-state index contributed by atoms with van der Waals surface area (Å²) in [7, 11) is -2.28. The predicted octanol–water partition coefficient (Wildman–Crippen LogP) is 3.05. The minimum atomic E-state index is -3.90. The number of aromatic nitrogens is 4. The van der Waals surface area contributed by atoms with Crippen molar-refractivity contribution in [2.24, 2.45) is 16.7 Å². The van der Waals surface area contributed by atoms with E-state index in [9.17, 15) is 27.6 Å². The number of fused-ring (bicyclic) bond motifs is 8. The summed E-state index contributed by atoms with van der Waals surface area (Å²) in [6.07, 6.45) is 5.11. The van der Waals surface area contributed by atoms with Gasteiger partial charge in [-0.15, -0.1) is 16.8 Å². The van der Waals surface area contributed by atoms with Gasteiger partial charge in [-0.25, -0.2) is 13.2 Å². The molecule has 4 amide bonds. The number of carbonyl (C=O) groups is 4. The van der Waals surface area contributed by atoms with Gasteiger partial charge in [0.2, 0.25) is 27.7 Å². The number of rotatable bonds is 7. The van der Waals surface area contributed by atoms with E-state index in [0.717, 1.165) is 42.6 Å². The van der Waals surface area contributed by atoms with Gasteiger partial charge in [0.1, 0.15) is 23.4 Å². The van der Waals surface area contributed by atoms with Crippen LogP contribution in [0.25, 0.3) is 11.4 Å². The Morgan fingerprint density at radius 1 is 1.17 bits per heavy atom. The number of sulfonamides is 1. The molecule has 3 heterocycles. The lowest BCUT2D eigenvalue weighted by Crippen LogP contribution is -2.60. The molecule has 3 N–H and O–H groups in total. The van der Waals surface area contributed by atoms with Gasteiger partial charge in [-0.1, -0.05) is 47.1 Å². The summed E-state index contributed by atoms with van der Waals surface area (Å²) < 4.78 is 38.9. The zero-order chi connectivity index (χ0) is 39.2. The molecule has 3 fully saturated rings. The monoisotopic (exact) mass is 768 g/mol. The van der Waals surface area contributed by atoms with E-state index in [1.165, 1.54) is 15.8 Å². The number of ether oxygens (including phenoxy) is 2. The molecule has 6 rings (SSSR count). The van der Waals surface area contributed by atoms with Crippen molar-refractivity contribution in [3.63, 3.8) is 0 Å². The van der Waals surface area contributed by atoms with Crippen molar-refractivity contribution in [3.8, 4) is 17.1 Å². The van der Waals surface area contributed by atoms with Gasteiger partial charge >= 0.3 is 6.09 Å². The molecule has 6 bridgehead atoms. The SMILES string of the molecule is C=C[C@H]1C[C@@]1(NC(=O)[C@@H]1C[C@@H]2CN1C(=O)[C@@H](C(C)(C)C)NC(=O)OCC(C)(C)CCCCc1cc(ccc1OC)-c1nnn2n1)C(=O)NS(=O)(=O)C1CC1. The first-order valence-electron chi connectivity index (χ1n) is 18.6. The Hall–Kier alpha value is -4.54. The molecule has 0 spiro atoms. The van der Waals surface area contributed by atoms with Crippen LogP contribution in [-0.4, -0.2) is 100 Å². The Kier molecular flexibility index (Phi) is 10.6. The van der Waals surface area contributed by atoms with Crippen LogP contribution in [0.3, 0.4) is 0 Å². The third-order valence-corrected chi connectivity index (χ3v) is 12.7. The fourth-order valence-electron chi connectivity index (χ4n) is 7.33. The maximum atomic E-state index is 14.6. The Morgan fingerprint density at radius 3 is 2.56 bits per heavy atom. The number of amides is 4. The van der Waals surface area contributed by atoms with Gasteiger partial charge < -0.3 is 25.0 Å². The first kappa shape index (κ1) is 39.2. The molecule has 1 aromatic carbocycles. The van der Waals surface area contributed by atoms with Crippen LogP contribution in [0.1, 0.15) is 91.2 Å². The molecule has 2 aromatic rings. The van der Waals surface area contributed by atoms with Gasteiger partial charge in [0.05, 0.1) is 25.0 Å². The van der Waals surface area contributed by atoms with E-state index in [2.05, 4.69) is 37.3 Å². The number of carbonyl (C=O) groups excluding carboxylic acids is 4. The number of hydrogen-bond donors (Lipinski definition) is 3. The smallest absolute Gasteiger partial charge is 0.407 e. The van der Waals surface area contributed by atoms with Gasteiger partial charge in [-0.2, -0.15) is 4.80 Å². The van der Waals surface area contributed by atoms with Gasteiger partial charge in [-0.05, 0) is 78.3 Å². The number of hydrogen-bond acceptors (Lipinski definition) is 11. The largest absolute Gasteiger partial charge is 0.496 e. The fraction of sp³-hybridized carbons (Fsp3) is 0.649. The average Bonchev–Trinajstić information content (AvgIpc) is 3.99. The molecule has 4 aliphatic rings. The standard InChI is InChI=1S/C37H52N8O8S/c1-8-24-19-37(24,33(48)42-54(50,51)26-13-14-26)39-31(46)27-18-25-20-44(27)32(47)29(35(2,3)4)38-34(49)53-21-36(5,6)16-10-9-11-22-17-23(12-15-28(22)52-7)30-40-43-45(25)41-30/h8,12,15,17,24-27,29H,1,9-11,13-14,16,18-21H2,2-7H3,(H,38,49)(H,39,46)(H,42,48)/t24-,25+,27-,29-,37-/m0/s1. The number of aryl methyl sites for hydroxylation is 1. The summed E-state index contributed by atoms with van der Waals surface area (Å²) in [4.78, 5) is 58.5. The quantitative estimate of drug-likeness (QED) is 0.350. The topological polar surface area (TPSA) is 204 Å². The highest BCUT2D eigenvalue weighted by Gasteiger charge is 2.62. The molecular formula is C37H52N8O8S. The highest BCUT2D eigenvalue weighted by Crippen LogP contribution is 2.46. The number of tetrazole rings is 1. The van der Waals surface area contributed by atoms with E-state index in [1.54, 1.807) is 27.9 Å². The van der Waals surface area contributed by atoms with Crippen molar-refractivity contribution in [1.29, 1.82) is 0 Å². The van der Waals surface area contributed by atoms with Crippen molar-refractivity contribution >= 4 is 33.8 Å². The predicted molar refractivity (Wildman–Crippen MR) is 197 cm³/mol. The number of cyclic esters (lactones) is 1. The molecule has 17 heteroatoms. The minimum Gasteiger partial charge on any atom is -0.496 e. The molecule has 294 valence electrons. The number of nitrogens with zero attached hydrogens (tertiary/aromatic N) is 5. The van der Waals surface area contributed by atoms with Crippen molar-refractivity contribution in [2.75, 3.05) is 20.3 Å². The molecule has 2 saturated carbocycles.